The van der Waals surface area contributed by atoms with Crippen molar-refractivity contribution in [1.82, 2.24) is 9.78 Å². The molecule has 2 nitrogen and oxygen atoms in total. The first-order valence-corrected chi connectivity index (χ1v) is 9.23. The molecule has 0 radical (unpaired) electrons. The van der Waals surface area contributed by atoms with Gasteiger partial charge in [0, 0.05) is 16.7 Å². The highest BCUT2D eigenvalue weighted by Crippen LogP contribution is 2.38. The van der Waals surface area contributed by atoms with E-state index in [9.17, 15) is 0 Å². The fourth-order valence-corrected chi connectivity index (χ4v) is 3.98. The maximum absolute atomic E-state index is 5.12. The van der Waals surface area contributed by atoms with Crippen molar-refractivity contribution in [3.05, 3.63) is 96.1 Å². The van der Waals surface area contributed by atoms with Crippen molar-refractivity contribution in [2.24, 2.45) is 0 Å². The number of aromatic nitrogens is 2. The lowest BCUT2D eigenvalue weighted by atomic mass is 10.00. The first kappa shape index (κ1) is 15.2. The van der Waals surface area contributed by atoms with Crippen molar-refractivity contribution >= 4 is 0 Å². The maximum Gasteiger partial charge on any atom is 0.0968 e. The number of aryl methyl sites for hydroxylation is 1. The van der Waals surface area contributed by atoms with Crippen molar-refractivity contribution in [2.75, 3.05) is 0 Å². The van der Waals surface area contributed by atoms with Gasteiger partial charge in [-0.2, -0.15) is 5.10 Å². The van der Waals surface area contributed by atoms with Crippen LogP contribution in [0.25, 0.3) is 28.2 Å². The van der Waals surface area contributed by atoms with Crippen LogP contribution in [0, 0.1) is 0 Å². The molecule has 0 bridgehead atoms. The molecular weight excluding hydrogens is 316 g/mol. The molecule has 1 aromatic heterocycles. The summed E-state index contributed by atoms with van der Waals surface area (Å²) < 4.78 is 2.13. The fourth-order valence-electron chi connectivity index (χ4n) is 3.98. The monoisotopic (exact) mass is 336 g/mol. The number of para-hydroxylation sites is 1. The van der Waals surface area contributed by atoms with E-state index in [1.807, 2.05) is 0 Å². The summed E-state index contributed by atoms with van der Waals surface area (Å²) in [5.74, 6) is 0. The quantitative estimate of drug-likeness (QED) is 0.459. The molecule has 0 N–H and O–H groups in total. The second kappa shape index (κ2) is 6.30. The highest BCUT2D eigenvalue weighted by Gasteiger charge is 2.24. The minimum absolute atomic E-state index is 1.06. The normalized spacial score (nSPS) is 12.9. The Bertz CT molecular complexity index is 1050. The van der Waals surface area contributed by atoms with Crippen LogP contribution in [0.5, 0.6) is 0 Å². The number of fused-ring (bicyclic) bond motifs is 3. The van der Waals surface area contributed by atoms with Gasteiger partial charge in [0.1, 0.15) is 0 Å². The lowest BCUT2D eigenvalue weighted by Gasteiger charge is -2.10. The third kappa shape index (κ3) is 2.46. The highest BCUT2D eigenvalue weighted by molar-refractivity contribution is 5.78. The van der Waals surface area contributed by atoms with Crippen LogP contribution in [0.4, 0.5) is 0 Å². The smallest absolute Gasteiger partial charge is 0.0968 e. The average Bonchev–Trinajstić information content (AvgIpc) is 2.99. The van der Waals surface area contributed by atoms with Crippen LogP contribution < -0.4 is 0 Å². The summed E-state index contributed by atoms with van der Waals surface area (Å²) in [6.07, 6.45) is 3.33. The minimum atomic E-state index is 1.06. The molecule has 0 unspecified atom stereocenters. The number of hydrogen-bond acceptors (Lipinski definition) is 1. The van der Waals surface area contributed by atoms with Gasteiger partial charge in [-0.05, 0) is 37.0 Å². The zero-order valence-corrected chi connectivity index (χ0v) is 14.6. The predicted molar refractivity (Wildman–Crippen MR) is 106 cm³/mol. The van der Waals surface area contributed by atoms with E-state index in [0.717, 1.165) is 30.6 Å². The molecule has 0 saturated heterocycles. The molecule has 5 rings (SSSR count). The predicted octanol–water partition coefficient (Wildman–Crippen LogP) is 5.70. The van der Waals surface area contributed by atoms with Crippen LogP contribution >= 0.6 is 0 Å². The van der Waals surface area contributed by atoms with E-state index < -0.39 is 0 Å². The van der Waals surface area contributed by atoms with Crippen LogP contribution in [0.2, 0.25) is 0 Å². The summed E-state index contributed by atoms with van der Waals surface area (Å²) in [5, 5.41) is 5.12. The van der Waals surface area contributed by atoms with Crippen molar-refractivity contribution in [2.45, 2.75) is 19.3 Å². The fraction of sp³-hybridized carbons (Fsp3) is 0.125. The lowest BCUT2D eigenvalue weighted by Crippen LogP contribution is -2.00. The van der Waals surface area contributed by atoms with Gasteiger partial charge < -0.3 is 0 Å². The van der Waals surface area contributed by atoms with Crippen molar-refractivity contribution < 1.29 is 0 Å². The van der Waals surface area contributed by atoms with E-state index in [0.29, 0.717) is 0 Å². The SMILES string of the molecule is c1ccc(-c2c3c(nn2-c2ccccc2)-c2ccccc2CCC3)cc1. The molecule has 1 aliphatic carbocycles. The van der Waals surface area contributed by atoms with Crippen LogP contribution in [0.3, 0.4) is 0 Å². The molecule has 1 heterocycles. The number of rotatable bonds is 2. The summed E-state index contributed by atoms with van der Waals surface area (Å²) in [5.41, 5.74) is 8.76. The number of nitrogens with zero attached hydrogens (tertiary/aromatic N) is 2. The van der Waals surface area contributed by atoms with Gasteiger partial charge in [0.2, 0.25) is 0 Å². The second-order valence-electron chi connectivity index (χ2n) is 6.80. The molecule has 0 fully saturated rings. The lowest BCUT2D eigenvalue weighted by molar-refractivity contribution is 0.829. The van der Waals surface area contributed by atoms with Gasteiger partial charge in [0.15, 0.2) is 0 Å². The molecule has 0 saturated carbocycles. The summed E-state index contributed by atoms with van der Waals surface area (Å²) in [4.78, 5) is 0. The average molecular weight is 336 g/mol. The van der Waals surface area contributed by atoms with E-state index >= 15 is 0 Å². The Labute approximate surface area is 153 Å². The number of hydrogen-bond donors (Lipinski definition) is 0. The van der Waals surface area contributed by atoms with E-state index in [-0.39, 0.29) is 0 Å². The first-order chi connectivity index (χ1) is 12.9. The highest BCUT2D eigenvalue weighted by atomic mass is 15.3. The summed E-state index contributed by atoms with van der Waals surface area (Å²) in [6.45, 7) is 0. The van der Waals surface area contributed by atoms with Crippen LogP contribution in [0.15, 0.2) is 84.9 Å². The van der Waals surface area contributed by atoms with Crippen molar-refractivity contribution in [3.8, 4) is 28.2 Å². The van der Waals surface area contributed by atoms with Crippen LogP contribution in [0.1, 0.15) is 17.5 Å². The van der Waals surface area contributed by atoms with E-state index in [4.69, 9.17) is 5.10 Å². The summed E-state index contributed by atoms with van der Waals surface area (Å²) in [7, 11) is 0. The molecule has 3 aromatic carbocycles. The van der Waals surface area contributed by atoms with Gasteiger partial charge in [-0.15, -0.1) is 0 Å². The van der Waals surface area contributed by atoms with Gasteiger partial charge in [-0.3, -0.25) is 0 Å². The zero-order chi connectivity index (χ0) is 17.3. The van der Waals surface area contributed by atoms with E-state index in [1.54, 1.807) is 0 Å². The first-order valence-electron chi connectivity index (χ1n) is 9.23. The minimum Gasteiger partial charge on any atom is -0.232 e. The molecule has 0 amide bonds. The van der Waals surface area contributed by atoms with Crippen LogP contribution in [-0.4, -0.2) is 9.78 Å². The molecule has 0 aliphatic heterocycles. The molecule has 0 atom stereocenters. The Morgan fingerprint density at radius 3 is 2.19 bits per heavy atom. The summed E-state index contributed by atoms with van der Waals surface area (Å²) >= 11 is 0. The molecule has 0 spiro atoms. The van der Waals surface area contributed by atoms with E-state index in [2.05, 4.69) is 89.6 Å². The third-order valence-corrected chi connectivity index (χ3v) is 5.18. The van der Waals surface area contributed by atoms with Crippen molar-refractivity contribution in [1.29, 1.82) is 0 Å². The Kier molecular flexibility index (Phi) is 3.67. The van der Waals surface area contributed by atoms with Gasteiger partial charge >= 0.3 is 0 Å². The van der Waals surface area contributed by atoms with Crippen molar-refractivity contribution in [3.63, 3.8) is 0 Å². The molecule has 4 aromatic rings. The van der Waals surface area contributed by atoms with Gasteiger partial charge in [-0.1, -0.05) is 72.8 Å². The molecule has 1 aliphatic rings. The Hall–Kier alpha value is -3.13. The number of benzene rings is 3. The van der Waals surface area contributed by atoms with Gasteiger partial charge in [0.25, 0.3) is 0 Å². The summed E-state index contributed by atoms with van der Waals surface area (Å²) in [6, 6.07) is 29.8. The van der Waals surface area contributed by atoms with Crippen LogP contribution in [-0.2, 0) is 12.8 Å². The molecule has 126 valence electrons. The topological polar surface area (TPSA) is 17.8 Å². The standard InChI is InChI=1S/C24H20N2/c1-3-11-19(12-4-1)24-22-17-9-13-18-10-7-8-16-21(18)23(22)25-26(24)20-14-5-2-6-15-20/h1-8,10-12,14-16H,9,13,17H2. The second-order valence-corrected chi connectivity index (χ2v) is 6.80. The van der Waals surface area contributed by atoms with Gasteiger partial charge in [0.05, 0.1) is 17.1 Å². The largest absolute Gasteiger partial charge is 0.232 e. The zero-order valence-electron chi connectivity index (χ0n) is 14.6. The Balaban J connectivity index is 1.83. The third-order valence-electron chi connectivity index (χ3n) is 5.18. The van der Waals surface area contributed by atoms with Gasteiger partial charge in [-0.25, -0.2) is 4.68 Å². The maximum atomic E-state index is 5.12. The molecule has 26 heavy (non-hydrogen) atoms. The van der Waals surface area contributed by atoms with E-state index in [1.165, 1.54) is 27.9 Å². The molecule has 2 heteroatoms. The Morgan fingerprint density at radius 1 is 0.692 bits per heavy atom. The Morgan fingerprint density at radius 2 is 1.38 bits per heavy atom. The molecular formula is C24H20N2.